The van der Waals surface area contributed by atoms with Gasteiger partial charge in [-0.05, 0) is 22.9 Å². The summed E-state index contributed by atoms with van der Waals surface area (Å²) in [6.45, 7) is 4.30. The fourth-order valence-corrected chi connectivity index (χ4v) is 2.51. The highest BCUT2D eigenvalue weighted by molar-refractivity contribution is 9.10. The average Bonchev–Trinajstić information content (AvgIpc) is 2.47. The molecule has 0 saturated carbocycles. The molecule has 8 heteroatoms. The molecule has 1 atom stereocenters. The van der Waals surface area contributed by atoms with E-state index in [-0.39, 0.29) is 5.91 Å². The van der Waals surface area contributed by atoms with Crippen LogP contribution in [0.1, 0.15) is 6.92 Å². The van der Waals surface area contributed by atoms with Gasteiger partial charge in [0, 0.05) is 26.2 Å². The molecule has 1 aromatic rings. The van der Waals surface area contributed by atoms with Gasteiger partial charge in [-0.25, -0.2) is 4.98 Å². The molecule has 0 bridgehead atoms. The number of amides is 1. The average molecular weight is 364 g/mol. The van der Waals surface area contributed by atoms with E-state index >= 15 is 0 Å². The summed E-state index contributed by atoms with van der Waals surface area (Å²) in [6, 6.07) is 0. The molecule has 2 heterocycles. The number of halogens is 2. The lowest BCUT2D eigenvalue weighted by Crippen LogP contribution is -2.50. The first kappa shape index (κ1) is 15.3. The van der Waals surface area contributed by atoms with Gasteiger partial charge >= 0.3 is 0 Å². The maximum atomic E-state index is 11.8. The van der Waals surface area contributed by atoms with E-state index in [2.05, 4.69) is 25.9 Å². The summed E-state index contributed by atoms with van der Waals surface area (Å²) in [5, 5.41) is -0.481. The summed E-state index contributed by atoms with van der Waals surface area (Å²) >= 11 is 9.14. The molecule has 1 aliphatic heterocycles. The van der Waals surface area contributed by atoms with Crippen molar-refractivity contribution in [2.75, 3.05) is 38.2 Å². The molecule has 20 heavy (non-hydrogen) atoms. The predicted octanol–water partition coefficient (Wildman–Crippen LogP) is 1.52. The fraction of sp³-hybridized carbons (Fsp3) is 0.583. The zero-order valence-corrected chi connectivity index (χ0v) is 13.7. The number of alkyl halides is 1. The van der Waals surface area contributed by atoms with E-state index in [1.165, 1.54) is 0 Å². The second-order valence-corrected chi connectivity index (χ2v) is 5.96. The Hall–Kier alpha value is -1.08. The quantitative estimate of drug-likeness (QED) is 0.762. The monoisotopic (exact) mass is 362 g/mol. The smallest absolute Gasteiger partial charge is 0.240 e. The lowest BCUT2D eigenvalue weighted by atomic mass is 10.3. The summed E-state index contributed by atoms with van der Waals surface area (Å²) in [5.74, 6) is 1.08. The molecule has 0 spiro atoms. The van der Waals surface area contributed by atoms with Crippen LogP contribution in [-0.4, -0.2) is 59.4 Å². The van der Waals surface area contributed by atoms with Gasteiger partial charge in [0.15, 0.2) is 0 Å². The van der Waals surface area contributed by atoms with Gasteiger partial charge in [0.25, 0.3) is 0 Å². The molecule has 1 fully saturated rings. The number of anilines is 1. The minimum absolute atomic E-state index is 0.0272. The number of ether oxygens (including phenoxy) is 1. The Morgan fingerprint density at radius 1 is 1.45 bits per heavy atom. The largest absolute Gasteiger partial charge is 0.480 e. The predicted molar refractivity (Wildman–Crippen MR) is 80.4 cm³/mol. The van der Waals surface area contributed by atoms with Crippen LogP contribution >= 0.6 is 27.5 Å². The van der Waals surface area contributed by atoms with Crippen LogP contribution in [0.25, 0.3) is 0 Å². The molecule has 2 rings (SSSR count). The zero-order chi connectivity index (χ0) is 14.7. The second kappa shape index (κ2) is 6.58. The molecular weight excluding hydrogens is 348 g/mol. The number of aromatic nitrogens is 2. The lowest BCUT2D eigenvalue weighted by Gasteiger charge is -2.35. The Labute approximate surface area is 131 Å². The molecule has 1 unspecified atom stereocenters. The summed E-state index contributed by atoms with van der Waals surface area (Å²) in [6.07, 6.45) is 1.67. The van der Waals surface area contributed by atoms with Crippen LogP contribution in [0.5, 0.6) is 5.88 Å². The van der Waals surface area contributed by atoms with Gasteiger partial charge in [-0.3, -0.25) is 4.79 Å². The first-order chi connectivity index (χ1) is 9.52. The number of piperazine rings is 1. The Morgan fingerprint density at radius 3 is 2.65 bits per heavy atom. The molecule has 1 amide bonds. The van der Waals surface area contributed by atoms with Gasteiger partial charge in [-0.1, -0.05) is 0 Å². The summed E-state index contributed by atoms with van der Waals surface area (Å²) in [7, 11) is 1.56. The maximum absolute atomic E-state index is 11.8. The molecule has 0 aromatic carbocycles. The molecule has 0 radical (unpaired) electrons. The van der Waals surface area contributed by atoms with Gasteiger partial charge in [0.1, 0.15) is 5.38 Å². The molecule has 0 aliphatic carbocycles. The standard InChI is InChI=1S/C12H16BrClN4O2/c1-8(14)11(19)17-3-5-18(6-4-17)12-15-7-9(13)10(16-12)20-2/h7-8H,3-6H2,1-2H3. The van der Waals surface area contributed by atoms with Crippen LogP contribution < -0.4 is 9.64 Å². The zero-order valence-electron chi connectivity index (χ0n) is 11.3. The van der Waals surface area contributed by atoms with Gasteiger partial charge in [-0.15, -0.1) is 11.6 Å². The highest BCUT2D eigenvalue weighted by Crippen LogP contribution is 2.24. The van der Waals surface area contributed by atoms with Crippen LogP contribution in [0.2, 0.25) is 0 Å². The molecule has 6 nitrogen and oxygen atoms in total. The van der Waals surface area contributed by atoms with Crippen molar-refractivity contribution in [3.8, 4) is 5.88 Å². The summed E-state index contributed by atoms with van der Waals surface area (Å²) in [5.41, 5.74) is 0. The number of hydrogen-bond donors (Lipinski definition) is 0. The van der Waals surface area contributed by atoms with Crippen LogP contribution in [-0.2, 0) is 4.79 Å². The van der Waals surface area contributed by atoms with E-state index in [9.17, 15) is 4.79 Å². The van der Waals surface area contributed by atoms with Crippen molar-refractivity contribution >= 4 is 39.4 Å². The Bertz CT molecular complexity index is 492. The van der Waals surface area contributed by atoms with Gasteiger partial charge in [0.05, 0.1) is 17.8 Å². The summed E-state index contributed by atoms with van der Waals surface area (Å²) in [4.78, 5) is 24.2. The molecule has 110 valence electrons. The third-order valence-corrected chi connectivity index (χ3v) is 3.84. The number of carbonyl (C=O) groups is 1. The van der Waals surface area contributed by atoms with Crippen molar-refractivity contribution in [1.82, 2.24) is 14.9 Å². The molecule has 0 N–H and O–H groups in total. The second-order valence-electron chi connectivity index (χ2n) is 4.46. The normalized spacial score (nSPS) is 17.0. The molecular formula is C12H16BrClN4O2. The topological polar surface area (TPSA) is 58.6 Å². The van der Waals surface area contributed by atoms with Crippen molar-refractivity contribution in [2.24, 2.45) is 0 Å². The van der Waals surface area contributed by atoms with Gasteiger partial charge in [0.2, 0.25) is 17.7 Å². The number of nitrogens with zero attached hydrogens (tertiary/aromatic N) is 4. The highest BCUT2D eigenvalue weighted by Gasteiger charge is 2.25. The summed E-state index contributed by atoms with van der Waals surface area (Å²) < 4.78 is 5.88. The van der Waals surface area contributed by atoms with Crippen LogP contribution in [0, 0.1) is 0 Å². The minimum atomic E-state index is -0.481. The highest BCUT2D eigenvalue weighted by atomic mass is 79.9. The Kier molecular flexibility index (Phi) is 5.04. The first-order valence-corrected chi connectivity index (χ1v) is 7.50. The first-order valence-electron chi connectivity index (χ1n) is 6.27. The fourth-order valence-electron chi connectivity index (χ4n) is 2.02. The third-order valence-electron chi connectivity index (χ3n) is 3.11. The minimum Gasteiger partial charge on any atom is -0.480 e. The van der Waals surface area contributed by atoms with Crippen molar-refractivity contribution in [3.63, 3.8) is 0 Å². The molecule has 1 saturated heterocycles. The molecule has 1 aliphatic rings. The molecule has 1 aromatic heterocycles. The Balaban J connectivity index is 2.02. The van der Waals surface area contributed by atoms with Crippen LogP contribution in [0.3, 0.4) is 0 Å². The lowest BCUT2D eigenvalue weighted by molar-refractivity contribution is -0.130. The number of rotatable bonds is 3. The maximum Gasteiger partial charge on any atom is 0.240 e. The number of carbonyl (C=O) groups excluding carboxylic acids is 1. The van der Waals surface area contributed by atoms with E-state index in [1.807, 2.05) is 4.90 Å². The number of methoxy groups -OCH3 is 1. The van der Waals surface area contributed by atoms with E-state index in [0.717, 1.165) is 0 Å². The van der Waals surface area contributed by atoms with Crippen molar-refractivity contribution in [3.05, 3.63) is 10.7 Å². The van der Waals surface area contributed by atoms with Crippen LogP contribution in [0.15, 0.2) is 10.7 Å². The van der Waals surface area contributed by atoms with E-state index in [4.69, 9.17) is 16.3 Å². The Morgan fingerprint density at radius 2 is 2.10 bits per heavy atom. The SMILES string of the molecule is COc1nc(N2CCN(C(=O)C(C)Cl)CC2)ncc1Br. The number of hydrogen-bond acceptors (Lipinski definition) is 5. The van der Waals surface area contributed by atoms with E-state index in [1.54, 1.807) is 25.1 Å². The van der Waals surface area contributed by atoms with Crippen molar-refractivity contribution in [1.29, 1.82) is 0 Å². The van der Waals surface area contributed by atoms with E-state index in [0.29, 0.717) is 42.5 Å². The van der Waals surface area contributed by atoms with E-state index < -0.39 is 5.38 Å². The van der Waals surface area contributed by atoms with Crippen LogP contribution in [0.4, 0.5) is 5.95 Å². The van der Waals surface area contributed by atoms with Crippen molar-refractivity contribution < 1.29 is 9.53 Å². The van der Waals surface area contributed by atoms with Crippen molar-refractivity contribution in [2.45, 2.75) is 12.3 Å². The van der Waals surface area contributed by atoms with Gasteiger partial charge in [-0.2, -0.15) is 4.98 Å². The third kappa shape index (κ3) is 3.32. The van der Waals surface area contributed by atoms with Gasteiger partial charge < -0.3 is 14.5 Å².